The third-order valence-electron chi connectivity index (χ3n) is 6.02. The zero-order chi connectivity index (χ0) is 23.9. The summed E-state index contributed by atoms with van der Waals surface area (Å²) in [4.78, 5) is 9.27. The predicted octanol–water partition coefficient (Wildman–Crippen LogP) is 6.50. The first-order valence-corrected chi connectivity index (χ1v) is 12.0. The number of benzene rings is 2. The number of hydrogen-bond acceptors (Lipinski definition) is 6. The smallest absolute Gasteiger partial charge is 0.119 e. The van der Waals surface area contributed by atoms with Crippen LogP contribution in [0.2, 0.25) is 0 Å². The van der Waals surface area contributed by atoms with Crippen molar-refractivity contribution in [2.24, 2.45) is 0 Å². The van der Waals surface area contributed by atoms with Crippen molar-refractivity contribution in [1.82, 2.24) is 9.97 Å². The van der Waals surface area contributed by atoms with E-state index in [1.165, 1.54) is 12.8 Å². The molecule has 0 saturated heterocycles. The Morgan fingerprint density at radius 2 is 1.06 bits per heavy atom. The highest BCUT2D eigenvalue weighted by Gasteiger charge is 2.07. The van der Waals surface area contributed by atoms with E-state index in [-0.39, 0.29) is 0 Å². The third kappa shape index (κ3) is 5.68. The molecule has 0 radical (unpaired) electrons. The standard InChI is InChI=1S/C28H34N4O2/c1-19-15-27(23-17-21(33-3)9-11-25(23)31-19)29-13-7-5-6-8-14-30-28-16-20(2)32-26-12-10-22(34-4)18-24(26)28/h9-12,15-18H,5-8,13-14H2,1-4H3,(H,29,31)(H,30,32). The van der Waals surface area contributed by atoms with Gasteiger partial charge in [-0.3, -0.25) is 9.97 Å². The number of aromatic nitrogens is 2. The second-order valence-corrected chi connectivity index (χ2v) is 8.66. The van der Waals surface area contributed by atoms with E-state index in [0.717, 1.165) is 82.0 Å². The van der Waals surface area contributed by atoms with Gasteiger partial charge < -0.3 is 20.1 Å². The van der Waals surface area contributed by atoms with Crippen LogP contribution >= 0.6 is 0 Å². The number of ether oxygens (including phenoxy) is 2. The molecule has 0 amide bonds. The molecule has 0 atom stereocenters. The molecule has 34 heavy (non-hydrogen) atoms. The number of rotatable bonds is 11. The molecule has 0 aliphatic rings. The van der Waals surface area contributed by atoms with Crippen molar-refractivity contribution in [3.63, 3.8) is 0 Å². The molecule has 6 nitrogen and oxygen atoms in total. The number of nitrogens with zero attached hydrogens (tertiary/aromatic N) is 2. The Kier molecular flexibility index (Phi) is 7.68. The lowest BCUT2D eigenvalue weighted by Gasteiger charge is -2.13. The van der Waals surface area contributed by atoms with E-state index in [1.807, 2.05) is 38.1 Å². The van der Waals surface area contributed by atoms with Crippen LogP contribution in [0.25, 0.3) is 21.8 Å². The highest BCUT2D eigenvalue weighted by atomic mass is 16.5. The molecule has 178 valence electrons. The van der Waals surface area contributed by atoms with Gasteiger partial charge in [0.25, 0.3) is 0 Å². The second kappa shape index (κ2) is 11.1. The number of aryl methyl sites for hydroxylation is 2. The topological polar surface area (TPSA) is 68.3 Å². The van der Waals surface area contributed by atoms with Crippen LogP contribution in [0.15, 0.2) is 48.5 Å². The molecule has 2 N–H and O–H groups in total. The molecule has 4 rings (SSSR count). The van der Waals surface area contributed by atoms with Crippen LogP contribution in [0.1, 0.15) is 37.1 Å². The minimum Gasteiger partial charge on any atom is -0.497 e. The third-order valence-corrected chi connectivity index (χ3v) is 6.02. The number of anilines is 2. The van der Waals surface area contributed by atoms with E-state index in [9.17, 15) is 0 Å². The maximum absolute atomic E-state index is 5.39. The van der Waals surface area contributed by atoms with Crippen molar-refractivity contribution < 1.29 is 9.47 Å². The van der Waals surface area contributed by atoms with Gasteiger partial charge >= 0.3 is 0 Å². The molecular formula is C28H34N4O2. The number of methoxy groups -OCH3 is 2. The van der Waals surface area contributed by atoms with Gasteiger partial charge in [0.2, 0.25) is 0 Å². The Bertz CT molecular complexity index is 1170. The monoisotopic (exact) mass is 458 g/mol. The summed E-state index contributed by atoms with van der Waals surface area (Å²) in [7, 11) is 3.39. The van der Waals surface area contributed by atoms with E-state index in [2.05, 4.69) is 44.9 Å². The van der Waals surface area contributed by atoms with Gasteiger partial charge in [0, 0.05) is 46.6 Å². The zero-order valence-electron chi connectivity index (χ0n) is 20.6. The molecule has 2 heterocycles. The molecule has 4 aromatic rings. The van der Waals surface area contributed by atoms with Gasteiger partial charge in [-0.15, -0.1) is 0 Å². The molecule has 2 aromatic heterocycles. The molecule has 0 aliphatic heterocycles. The van der Waals surface area contributed by atoms with Crippen LogP contribution in [0.3, 0.4) is 0 Å². The van der Waals surface area contributed by atoms with Gasteiger partial charge in [-0.2, -0.15) is 0 Å². The summed E-state index contributed by atoms with van der Waals surface area (Å²) in [6.45, 7) is 5.95. The van der Waals surface area contributed by atoms with E-state index < -0.39 is 0 Å². The minimum atomic E-state index is 0.851. The van der Waals surface area contributed by atoms with Gasteiger partial charge in [0.1, 0.15) is 11.5 Å². The van der Waals surface area contributed by atoms with E-state index in [4.69, 9.17) is 9.47 Å². The maximum atomic E-state index is 5.39. The number of nitrogens with one attached hydrogen (secondary N) is 2. The van der Waals surface area contributed by atoms with Crippen molar-refractivity contribution in [2.75, 3.05) is 37.9 Å². The minimum absolute atomic E-state index is 0.851. The number of unbranched alkanes of at least 4 members (excludes halogenated alkanes) is 3. The largest absolute Gasteiger partial charge is 0.497 e. The Morgan fingerprint density at radius 3 is 1.47 bits per heavy atom. The lowest BCUT2D eigenvalue weighted by atomic mass is 10.1. The number of fused-ring (bicyclic) bond motifs is 2. The molecule has 0 spiro atoms. The highest BCUT2D eigenvalue weighted by molar-refractivity contribution is 5.93. The summed E-state index contributed by atoms with van der Waals surface area (Å²) in [5.74, 6) is 1.70. The molecule has 0 aliphatic carbocycles. The highest BCUT2D eigenvalue weighted by Crippen LogP contribution is 2.28. The first-order valence-electron chi connectivity index (χ1n) is 12.0. The molecule has 0 bridgehead atoms. The summed E-state index contributed by atoms with van der Waals surface area (Å²) in [5, 5.41) is 9.41. The van der Waals surface area contributed by atoms with Gasteiger partial charge in [-0.25, -0.2) is 0 Å². The summed E-state index contributed by atoms with van der Waals surface area (Å²) >= 11 is 0. The van der Waals surface area contributed by atoms with Crippen LogP contribution in [0.4, 0.5) is 11.4 Å². The molecular weight excluding hydrogens is 424 g/mol. The summed E-state index contributed by atoms with van der Waals surface area (Å²) in [6, 6.07) is 16.3. The number of hydrogen-bond donors (Lipinski definition) is 2. The fourth-order valence-electron chi connectivity index (χ4n) is 4.27. The predicted molar refractivity (Wildman–Crippen MR) is 142 cm³/mol. The lowest BCUT2D eigenvalue weighted by molar-refractivity contribution is 0.415. The first-order chi connectivity index (χ1) is 16.6. The zero-order valence-corrected chi connectivity index (χ0v) is 20.6. The molecule has 0 fully saturated rings. The Labute approximate surface area is 201 Å². The normalized spacial score (nSPS) is 11.1. The fraction of sp³-hybridized carbons (Fsp3) is 0.357. The fourth-order valence-corrected chi connectivity index (χ4v) is 4.27. The van der Waals surface area contributed by atoms with Crippen molar-refractivity contribution in [2.45, 2.75) is 39.5 Å². The van der Waals surface area contributed by atoms with Gasteiger partial charge in [0.05, 0.1) is 25.3 Å². The van der Waals surface area contributed by atoms with Crippen LogP contribution in [-0.4, -0.2) is 37.3 Å². The average molecular weight is 459 g/mol. The molecule has 2 aromatic carbocycles. The lowest BCUT2D eigenvalue weighted by Crippen LogP contribution is -2.05. The van der Waals surface area contributed by atoms with Crippen LogP contribution < -0.4 is 20.1 Å². The summed E-state index contributed by atoms with van der Waals surface area (Å²) in [6.07, 6.45) is 4.62. The van der Waals surface area contributed by atoms with Crippen LogP contribution in [0.5, 0.6) is 11.5 Å². The first kappa shape index (κ1) is 23.6. The van der Waals surface area contributed by atoms with E-state index in [1.54, 1.807) is 14.2 Å². The molecule has 0 unspecified atom stereocenters. The maximum Gasteiger partial charge on any atom is 0.119 e. The van der Waals surface area contributed by atoms with Crippen molar-refractivity contribution >= 4 is 33.2 Å². The molecule has 0 saturated carbocycles. The SMILES string of the molecule is COc1ccc2nc(C)cc(NCCCCCCNc3cc(C)nc4ccc(OC)cc34)c2c1. The Balaban J connectivity index is 1.24. The molecule has 6 heteroatoms. The summed E-state index contributed by atoms with van der Waals surface area (Å²) < 4.78 is 10.8. The Morgan fingerprint density at radius 1 is 0.618 bits per heavy atom. The van der Waals surface area contributed by atoms with E-state index in [0.29, 0.717) is 0 Å². The van der Waals surface area contributed by atoms with E-state index >= 15 is 0 Å². The average Bonchev–Trinajstić information content (AvgIpc) is 2.84. The second-order valence-electron chi connectivity index (χ2n) is 8.66. The van der Waals surface area contributed by atoms with Crippen LogP contribution in [0, 0.1) is 13.8 Å². The van der Waals surface area contributed by atoms with Crippen LogP contribution in [-0.2, 0) is 0 Å². The van der Waals surface area contributed by atoms with Crippen molar-refractivity contribution in [3.8, 4) is 11.5 Å². The van der Waals surface area contributed by atoms with Gasteiger partial charge in [0.15, 0.2) is 0 Å². The number of pyridine rings is 2. The summed E-state index contributed by atoms with van der Waals surface area (Å²) in [5.41, 5.74) is 6.26. The van der Waals surface area contributed by atoms with Crippen molar-refractivity contribution in [3.05, 3.63) is 59.9 Å². The van der Waals surface area contributed by atoms with Gasteiger partial charge in [-0.05, 0) is 75.2 Å². The van der Waals surface area contributed by atoms with Gasteiger partial charge in [-0.1, -0.05) is 12.8 Å². The Hall–Kier alpha value is -3.54. The quantitative estimate of drug-likeness (QED) is 0.250. The van der Waals surface area contributed by atoms with Crippen molar-refractivity contribution in [1.29, 1.82) is 0 Å².